The van der Waals surface area contributed by atoms with Gasteiger partial charge in [-0.2, -0.15) is 4.31 Å². The van der Waals surface area contributed by atoms with Crippen LogP contribution >= 0.6 is 0 Å². The zero-order valence-corrected chi connectivity index (χ0v) is 14.5. The molecule has 0 heterocycles. The Balaban J connectivity index is 2.42. The first-order valence-electron chi connectivity index (χ1n) is 7.60. The van der Waals surface area contributed by atoms with E-state index in [1.54, 1.807) is 40.1 Å². The minimum absolute atomic E-state index is 0.313. The zero-order chi connectivity index (χ0) is 16.5. The van der Waals surface area contributed by atoms with Gasteiger partial charge < -0.3 is 9.84 Å². The van der Waals surface area contributed by atoms with E-state index in [1.165, 1.54) is 4.31 Å². The first-order chi connectivity index (χ1) is 10.3. The normalized spacial score (nSPS) is 22.8. The van der Waals surface area contributed by atoms with Gasteiger partial charge in [-0.1, -0.05) is 12.8 Å². The fraction of sp³-hybridized carbons (Fsp3) is 0.625. The summed E-state index contributed by atoms with van der Waals surface area (Å²) in [6.07, 6.45) is 2.66. The number of aliphatic hydroxyl groups excluding tert-OH is 1. The Kier molecular flexibility index (Phi) is 5.14. The van der Waals surface area contributed by atoms with Crippen molar-refractivity contribution in [1.82, 2.24) is 4.31 Å². The van der Waals surface area contributed by atoms with Gasteiger partial charge in [-0.15, -0.1) is 0 Å². The number of nitrogens with zero attached hydrogens (tertiary/aromatic N) is 1. The van der Waals surface area contributed by atoms with Crippen LogP contribution in [-0.4, -0.2) is 44.1 Å². The summed E-state index contributed by atoms with van der Waals surface area (Å²) in [6.45, 7) is 3.54. The van der Waals surface area contributed by atoms with Crippen LogP contribution in [0.5, 0.6) is 5.75 Å². The number of aliphatic hydroxyl groups is 1. The van der Waals surface area contributed by atoms with Crippen molar-refractivity contribution in [3.05, 3.63) is 23.3 Å². The van der Waals surface area contributed by atoms with Crippen LogP contribution < -0.4 is 4.74 Å². The molecule has 1 N–H and O–H groups in total. The number of sulfonamides is 1. The Morgan fingerprint density at radius 1 is 1.18 bits per heavy atom. The highest BCUT2D eigenvalue weighted by Gasteiger charge is 2.35. The lowest BCUT2D eigenvalue weighted by Gasteiger charge is -2.35. The van der Waals surface area contributed by atoms with Crippen molar-refractivity contribution in [1.29, 1.82) is 0 Å². The molecule has 0 unspecified atom stereocenters. The second kappa shape index (κ2) is 6.56. The molecule has 124 valence electrons. The van der Waals surface area contributed by atoms with Crippen LogP contribution in [0, 0.1) is 13.8 Å². The van der Waals surface area contributed by atoms with Gasteiger partial charge in [0.25, 0.3) is 0 Å². The summed E-state index contributed by atoms with van der Waals surface area (Å²) in [5.41, 5.74) is 1.32. The predicted molar refractivity (Wildman–Crippen MR) is 85.7 cm³/mol. The van der Waals surface area contributed by atoms with E-state index in [4.69, 9.17) is 4.74 Å². The quantitative estimate of drug-likeness (QED) is 0.921. The lowest BCUT2D eigenvalue weighted by atomic mass is 9.93. The summed E-state index contributed by atoms with van der Waals surface area (Å²) in [4.78, 5) is 0.313. The Morgan fingerprint density at radius 2 is 1.73 bits per heavy atom. The number of ether oxygens (including phenoxy) is 1. The molecular weight excluding hydrogens is 302 g/mol. The molecular formula is C16H25NO4S. The smallest absolute Gasteiger partial charge is 0.243 e. The third kappa shape index (κ3) is 3.14. The van der Waals surface area contributed by atoms with Gasteiger partial charge in [0.15, 0.2) is 0 Å². The van der Waals surface area contributed by atoms with E-state index in [0.29, 0.717) is 34.6 Å². The third-order valence-electron chi connectivity index (χ3n) is 4.47. The molecule has 2 rings (SSSR count). The second-order valence-corrected chi connectivity index (χ2v) is 7.97. The number of methoxy groups -OCH3 is 1. The molecule has 2 atom stereocenters. The summed E-state index contributed by atoms with van der Waals surface area (Å²) in [5.74, 6) is 0.648. The van der Waals surface area contributed by atoms with E-state index >= 15 is 0 Å². The molecule has 0 radical (unpaired) electrons. The molecule has 1 fully saturated rings. The van der Waals surface area contributed by atoms with E-state index in [0.717, 1.165) is 12.8 Å². The first kappa shape index (κ1) is 17.2. The highest BCUT2D eigenvalue weighted by atomic mass is 32.2. The van der Waals surface area contributed by atoms with Gasteiger partial charge in [0.1, 0.15) is 5.75 Å². The number of hydrogen-bond acceptors (Lipinski definition) is 4. The van der Waals surface area contributed by atoms with Crippen molar-refractivity contribution in [3.63, 3.8) is 0 Å². The van der Waals surface area contributed by atoms with Gasteiger partial charge in [0, 0.05) is 7.05 Å². The molecule has 5 nitrogen and oxygen atoms in total. The number of rotatable bonds is 4. The SMILES string of the molecule is COc1cc(C)c(S(=O)(=O)N(C)[C@@H]2CCCC[C@H]2O)c(C)c1. The van der Waals surface area contributed by atoms with E-state index < -0.39 is 16.1 Å². The molecule has 6 heteroatoms. The van der Waals surface area contributed by atoms with Gasteiger partial charge in [0.05, 0.1) is 24.2 Å². The summed E-state index contributed by atoms with van der Waals surface area (Å²) in [7, 11) is -0.511. The van der Waals surface area contributed by atoms with Crippen LogP contribution in [0.15, 0.2) is 17.0 Å². The van der Waals surface area contributed by atoms with Crippen molar-refractivity contribution >= 4 is 10.0 Å². The lowest BCUT2D eigenvalue weighted by Crippen LogP contribution is -2.46. The Hall–Kier alpha value is -1.11. The summed E-state index contributed by atoms with van der Waals surface area (Å²) in [5, 5.41) is 10.1. The van der Waals surface area contributed by atoms with Gasteiger partial charge in [-0.05, 0) is 49.9 Å². The van der Waals surface area contributed by atoms with E-state index in [2.05, 4.69) is 0 Å². The molecule has 0 spiro atoms. The van der Waals surface area contributed by atoms with Crippen LogP contribution in [0.4, 0.5) is 0 Å². The van der Waals surface area contributed by atoms with Crippen LogP contribution in [0.2, 0.25) is 0 Å². The van der Waals surface area contributed by atoms with Crippen molar-refractivity contribution in [3.8, 4) is 5.75 Å². The Morgan fingerprint density at radius 3 is 2.23 bits per heavy atom. The summed E-state index contributed by atoms with van der Waals surface area (Å²) >= 11 is 0. The topological polar surface area (TPSA) is 66.8 Å². The van der Waals surface area contributed by atoms with Crippen molar-refractivity contribution < 1.29 is 18.3 Å². The highest BCUT2D eigenvalue weighted by Crippen LogP contribution is 2.31. The first-order valence-corrected chi connectivity index (χ1v) is 9.04. The van der Waals surface area contributed by atoms with Crippen molar-refractivity contribution in [2.24, 2.45) is 0 Å². The Labute approximate surface area is 133 Å². The fourth-order valence-corrected chi connectivity index (χ4v) is 5.10. The maximum absolute atomic E-state index is 13.0. The van der Waals surface area contributed by atoms with E-state index in [1.807, 2.05) is 0 Å². The molecule has 0 bridgehead atoms. The molecule has 1 aliphatic rings. The minimum atomic E-state index is -3.64. The second-order valence-electron chi connectivity index (χ2n) is 6.03. The number of likely N-dealkylation sites (N-methyl/N-ethyl adjacent to an activating group) is 1. The van der Waals surface area contributed by atoms with Crippen LogP contribution in [-0.2, 0) is 10.0 Å². The predicted octanol–water partition coefficient (Wildman–Crippen LogP) is 2.24. The third-order valence-corrected chi connectivity index (χ3v) is 6.66. The monoisotopic (exact) mass is 327 g/mol. The number of hydrogen-bond donors (Lipinski definition) is 1. The zero-order valence-electron chi connectivity index (χ0n) is 13.7. The standard InChI is InChI=1S/C16H25NO4S/c1-11-9-13(21-4)10-12(2)16(11)22(19,20)17(3)14-7-5-6-8-15(14)18/h9-10,14-15,18H,5-8H2,1-4H3/t14-,15-/m1/s1. The van der Waals surface area contributed by atoms with E-state index in [-0.39, 0.29) is 6.04 Å². The molecule has 1 aliphatic carbocycles. The van der Waals surface area contributed by atoms with Gasteiger partial charge in [-0.3, -0.25) is 0 Å². The number of benzene rings is 1. The number of aryl methyl sites for hydroxylation is 2. The fourth-order valence-electron chi connectivity index (χ4n) is 3.27. The molecule has 1 aromatic rings. The molecule has 0 aromatic heterocycles. The van der Waals surface area contributed by atoms with Gasteiger partial charge in [0.2, 0.25) is 10.0 Å². The largest absolute Gasteiger partial charge is 0.497 e. The van der Waals surface area contributed by atoms with Gasteiger partial charge in [-0.25, -0.2) is 8.42 Å². The van der Waals surface area contributed by atoms with Crippen molar-refractivity contribution in [2.75, 3.05) is 14.2 Å². The summed E-state index contributed by atoms with van der Waals surface area (Å²) < 4.78 is 32.5. The maximum Gasteiger partial charge on any atom is 0.243 e. The molecule has 0 aliphatic heterocycles. The maximum atomic E-state index is 13.0. The van der Waals surface area contributed by atoms with Crippen LogP contribution in [0.25, 0.3) is 0 Å². The van der Waals surface area contributed by atoms with Crippen molar-refractivity contribution in [2.45, 2.75) is 56.6 Å². The molecule has 1 aromatic carbocycles. The average molecular weight is 327 g/mol. The van der Waals surface area contributed by atoms with Crippen LogP contribution in [0.1, 0.15) is 36.8 Å². The highest BCUT2D eigenvalue weighted by molar-refractivity contribution is 7.89. The molecule has 1 saturated carbocycles. The molecule has 0 amide bonds. The van der Waals surface area contributed by atoms with Gasteiger partial charge >= 0.3 is 0 Å². The van der Waals surface area contributed by atoms with Crippen LogP contribution in [0.3, 0.4) is 0 Å². The average Bonchev–Trinajstić information content (AvgIpc) is 2.45. The molecule has 0 saturated heterocycles. The lowest BCUT2D eigenvalue weighted by molar-refractivity contribution is 0.0637. The summed E-state index contributed by atoms with van der Waals surface area (Å²) in [6, 6.07) is 3.11. The Bertz CT molecular complexity index is 619. The minimum Gasteiger partial charge on any atom is -0.497 e. The van der Waals surface area contributed by atoms with E-state index in [9.17, 15) is 13.5 Å². The molecule has 22 heavy (non-hydrogen) atoms.